The second kappa shape index (κ2) is 4.26. The number of rotatable bonds is 3. The fraction of sp³-hybridized carbons (Fsp3) is 0.667. The first kappa shape index (κ1) is 9.26. The first-order chi connectivity index (χ1) is 5.74. The third kappa shape index (κ3) is 2.34. The molecule has 0 amide bonds. The van der Waals surface area contributed by atoms with E-state index < -0.39 is 0 Å². The Bertz CT molecular complexity index is 199. The van der Waals surface area contributed by atoms with Gasteiger partial charge in [-0.2, -0.15) is 0 Å². The van der Waals surface area contributed by atoms with Crippen LogP contribution in [-0.2, 0) is 0 Å². The third-order valence-electron chi connectivity index (χ3n) is 1.90. The highest BCUT2D eigenvalue weighted by Crippen LogP contribution is 2.07. The fourth-order valence-electron chi connectivity index (χ4n) is 1.22. The largest absolute Gasteiger partial charge is 0.389 e. The summed E-state index contributed by atoms with van der Waals surface area (Å²) >= 11 is 0. The van der Waals surface area contributed by atoms with E-state index in [2.05, 4.69) is 17.2 Å². The summed E-state index contributed by atoms with van der Waals surface area (Å²) in [5.74, 6) is 0. The highest BCUT2D eigenvalue weighted by atomic mass is 16.3. The van der Waals surface area contributed by atoms with Crippen LogP contribution in [0.25, 0.3) is 0 Å². The van der Waals surface area contributed by atoms with Gasteiger partial charge >= 0.3 is 0 Å². The van der Waals surface area contributed by atoms with Crippen LogP contribution in [0, 0.1) is 0 Å². The van der Waals surface area contributed by atoms with Crippen molar-refractivity contribution in [1.82, 2.24) is 5.32 Å². The molecule has 12 heavy (non-hydrogen) atoms. The van der Waals surface area contributed by atoms with Crippen molar-refractivity contribution in [3.63, 3.8) is 0 Å². The molecule has 2 unspecified atom stereocenters. The minimum Gasteiger partial charge on any atom is -0.389 e. The molecule has 2 atom stereocenters. The van der Waals surface area contributed by atoms with Crippen molar-refractivity contribution < 1.29 is 5.11 Å². The molecule has 1 aliphatic heterocycles. The fourth-order valence-corrected chi connectivity index (χ4v) is 1.22. The summed E-state index contributed by atoms with van der Waals surface area (Å²) < 4.78 is 0. The van der Waals surface area contributed by atoms with E-state index in [0.717, 1.165) is 18.5 Å². The van der Waals surface area contributed by atoms with Gasteiger partial charge in [0.05, 0.1) is 6.10 Å². The second-order valence-electron chi connectivity index (χ2n) is 3.09. The molecule has 0 saturated heterocycles. The Labute approximate surface area is 73.2 Å². The summed E-state index contributed by atoms with van der Waals surface area (Å²) in [6.45, 7) is 4.02. The summed E-state index contributed by atoms with van der Waals surface area (Å²) in [5.41, 5.74) is 1.06. The Kier molecular flexibility index (Phi) is 3.29. The zero-order valence-corrected chi connectivity index (χ0v) is 7.62. The molecule has 0 spiro atoms. The van der Waals surface area contributed by atoms with Crippen LogP contribution >= 0.6 is 0 Å². The Morgan fingerprint density at radius 2 is 2.50 bits per heavy atom. The van der Waals surface area contributed by atoms with Crippen LogP contribution in [0.5, 0.6) is 0 Å². The summed E-state index contributed by atoms with van der Waals surface area (Å²) in [6.07, 6.45) is 4.91. The van der Waals surface area contributed by atoms with Crippen LogP contribution in [0.15, 0.2) is 16.8 Å². The molecule has 68 valence electrons. The average Bonchev–Trinajstić information content (AvgIpc) is 2.05. The molecule has 1 aliphatic rings. The maximum Gasteiger partial charge on any atom is 0.144 e. The standard InChI is InChI=1S/C9H16N2O/c1-3-4-8(12)9-10-6-5-7(2)11-9/h5-6,8-9,11-12H,3-4H2,1-2H3. The first-order valence-corrected chi connectivity index (χ1v) is 4.38. The normalized spacial score (nSPS) is 24.6. The molecule has 1 heterocycles. The summed E-state index contributed by atoms with van der Waals surface area (Å²) in [6, 6.07) is 0. The van der Waals surface area contributed by atoms with Gasteiger partial charge in [0.2, 0.25) is 0 Å². The molecule has 0 radical (unpaired) electrons. The van der Waals surface area contributed by atoms with Crippen LogP contribution in [0.1, 0.15) is 26.7 Å². The maximum atomic E-state index is 9.59. The molecule has 1 rings (SSSR count). The van der Waals surface area contributed by atoms with Gasteiger partial charge < -0.3 is 10.4 Å². The molecule has 0 aliphatic carbocycles. The van der Waals surface area contributed by atoms with Gasteiger partial charge in [-0.05, 0) is 19.4 Å². The van der Waals surface area contributed by atoms with Crippen molar-refractivity contribution in [2.24, 2.45) is 4.99 Å². The molecule has 0 aromatic rings. The predicted molar refractivity (Wildman–Crippen MR) is 50.1 cm³/mol. The van der Waals surface area contributed by atoms with E-state index in [9.17, 15) is 5.11 Å². The van der Waals surface area contributed by atoms with Crippen LogP contribution in [0.3, 0.4) is 0 Å². The molecular formula is C9H16N2O. The van der Waals surface area contributed by atoms with Crippen molar-refractivity contribution in [1.29, 1.82) is 0 Å². The number of aliphatic imine (C=N–C) groups is 1. The maximum absolute atomic E-state index is 9.59. The van der Waals surface area contributed by atoms with Gasteiger partial charge in [0, 0.05) is 11.9 Å². The van der Waals surface area contributed by atoms with E-state index in [1.54, 1.807) is 6.21 Å². The van der Waals surface area contributed by atoms with Crippen molar-refractivity contribution in [3.05, 3.63) is 11.8 Å². The lowest BCUT2D eigenvalue weighted by Gasteiger charge is -2.23. The summed E-state index contributed by atoms with van der Waals surface area (Å²) in [4.78, 5) is 4.14. The molecule has 0 fully saturated rings. The van der Waals surface area contributed by atoms with E-state index in [-0.39, 0.29) is 12.3 Å². The quantitative estimate of drug-likeness (QED) is 0.661. The minimum absolute atomic E-state index is 0.144. The lowest BCUT2D eigenvalue weighted by atomic mass is 10.1. The van der Waals surface area contributed by atoms with Gasteiger partial charge in [-0.25, -0.2) is 0 Å². The average molecular weight is 168 g/mol. The van der Waals surface area contributed by atoms with Crippen molar-refractivity contribution in [2.75, 3.05) is 0 Å². The zero-order valence-electron chi connectivity index (χ0n) is 7.62. The van der Waals surface area contributed by atoms with E-state index in [1.807, 2.05) is 13.0 Å². The predicted octanol–water partition coefficient (Wildman–Crippen LogP) is 1.05. The Hall–Kier alpha value is -0.830. The molecule has 0 aromatic carbocycles. The zero-order chi connectivity index (χ0) is 8.97. The number of aliphatic hydroxyl groups is 1. The highest BCUT2D eigenvalue weighted by molar-refractivity contribution is 5.73. The molecule has 0 bridgehead atoms. The van der Waals surface area contributed by atoms with Crippen LogP contribution in [-0.4, -0.2) is 23.6 Å². The summed E-state index contributed by atoms with van der Waals surface area (Å²) in [5, 5.41) is 12.7. The van der Waals surface area contributed by atoms with Gasteiger partial charge in [0.1, 0.15) is 6.17 Å². The van der Waals surface area contributed by atoms with Crippen molar-refractivity contribution in [2.45, 2.75) is 39.0 Å². The topological polar surface area (TPSA) is 44.6 Å². The number of hydrogen-bond acceptors (Lipinski definition) is 3. The van der Waals surface area contributed by atoms with Crippen LogP contribution in [0.2, 0.25) is 0 Å². The monoisotopic (exact) mass is 168 g/mol. The van der Waals surface area contributed by atoms with Crippen molar-refractivity contribution >= 4 is 6.21 Å². The smallest absolute Gasteiger partial charge is 0.144 e. The molecule has 0 saturated carbocycles. The number of hydrogen-bond donors (Lipinski definition) is 2. The minimum atomic E-state index is -0.366. The van der Waals surface area contributed by atoms with Gasteiger partial charge in [0.25, 0.3) is 0 Å². The first-order valence-electron chi connectivity index (χ1n) is 4.38. The molecule has 3 nitrogen and oxygen atoms in total. The molecule has 2 N–H and O–H groups in total. The number of allylic oxidation sites excluding steroid dienone is 2. The van der Waals surface area contributed by atoms with Gasteiger partial charge in [-0.15, -0.1) is 0 Å². The van der Waals surface area contributed by atoms with E-state index >= 15 is 0 Å². The number of nitrogens with zero attached hydrogens (tertiary/aromatic N) is 1. The molecule has 0 aromatic heterocycles. The lowest BCUT2D eigenvalue weighted by molar-refractivity contribution is 0.125. The third-order valence-corrected chi connectivity index (χ3v) is 1.90. The van der Waals surface area contributed by atoms with Gasteiger partial charge in [-0.3, -0.25) is 4.99 Å². The SMILES string of the molecule is CCCC(O)C1N=CC=C(C)N1. The number of aliphatic hydroxyl groups excluding tert-OH is 1. The second-order valence-corrected chi connectivity index (χ2v) is 3.09. The summed E-state index contributed by atoms with van der Waals surface area (Å²) in [7, 11) is 0. The van der Waals surface area contributed by atoms with Crippen LogP contribution in [0.4, 0.5) is 0 Å². The molecular weight excluding hydrogens is 152 g/mol. The highest BCUT2D eigenvalue weighted by Gasteiger charge is 2.17. The van der Waals surface area contributed by atoms with E-state index in [0.29, 0.717) is 0 Å². The van der Waals surface area contributed by atoms with Crippen LogP contribution < -0.4 is 5.32 Å². The van der Waals surface area contributed by atoms with Crippen molar-refractivity contribution in [3.8, 4) is 0 Å². The van der Waals surface area contributed by atoms with E-state index in [4.69, 9.17) is 0 Å². The Balaban J connectivity index is 2.44. The van der Waals surface area contributed by atoms with E-state index in [1.165, 1.54) is 0 Å². The lowest BCUT2D eigenvalue weighted by Crippen LogP contribution is -2.38. The van der Waals surface area contributed by atoms with Gasteiger partial charge in [0.15, 0.2) is 0 Å². The Morgan fingerprint density at radius 1 is 1.75 bits per heavy atom. The number of nitrogens with one attached hydrogen (secondary N) is 1. The Morgan fingerprint density at radius 3 is 3.08 bits per heavy atom. The van der Waals surface area contributed by atoms with Gasteiger partial charge in [-0.1, -0.05) is 13.3 Å². The molecule has 3 heteroatoms.